The molecule has 188 valence electrons. The Bertz CT molecular complexity index is 1260. The first-order valence-corrected chi connectivity index (χ1v) is 11.3. The van der Waals surface area contributed by atoms with E-state index in [2.05, 4.69) is 10.1 Å². The van der Waals surface area contributed by atoms with Crippen LogP contribution in [0, 0.1) is 17.1 Å². The topological polar surface area (TPSA) is 65.4 Å². The minimum atomic E-state index is -4.90. The van der Waals surface area contributed by atoms with Gasteiger partial charge in [-0.1, -0.05) is 41.4 Å². The zero-order chi connectivity index (χ0) is 26.3. The van der Waals surface area contributed by atoms with Crippen LogP contribution in [0.1, 0.15) is 21.5 Å². The van der Waals surface area contributed by atoms with Crippen molar-refractivity contribution in [1.29, 1.82) is 5.26 Å². The van der Waals surface area contributed by atoms with Crippen LogP contribution in [0.4, 0.5) is 23.2 Å². The average molecular weight is 540 g/mol. The van der Waals surface area contributed by atoms with Crippen LogP contribution in [0.3, 0.4) is 0 Å². The number of nitrogens with zero attached hydrogens (tertiary/aromatic N) is 2. The smallest absolute Gasteiger partial charge is 0.404 e. The normalized spacial score (nSPS) is 11.0. The molecule has 11 heteroatoms. The number of benzene rings is 3. The number of halogens is 6. The maximum absolute atomic E-state index is 13.6. The van der Waals surface area contributed by atoms with E-state index in [4.69, 9.17) is 28.5 Å². The number of amides is 1. The molecule has 1 N–H and O–H groups in total. The second-order valence-corrected chi connectivity index (χ2v) is 8.46. The van der Waals surface area contributed by atoms with E-state index >= 15 is 0 Å². The van der Waals surface area contributed by atoms with Crippen molar-refractivity contribution in [1.82, 2.24) is 4.90 Å². The third-order valence-corrected chi connectivity index (χ3v) is 5.57. The van der Waals surface area contributed by atoms with Crippen molar-refractivity contribution >= 4 is 34.8 Å². The van der Waals surface area contributed by atoms with Gasteiger partial charge in [-0.2, -0.15) is 5.26 Å². The molecule has 0 saturated heterocycles. The van der Waals surface area contributed by atoms with Gasteiger partial charge in [0.25, 0.3) is 5.91 Å². The van der Waals surface area contributed by atoms with Gasteiger partial charge in [0.1, 0.15) is 18.1 Å². The Morgan fingerprint density at radius 1 is 1.03 bits per heavy atom. The molecule has 1 amide bonds. The van der Waals surface area contributed by atoms with Crippen molar-refractivity contribution in [3.63, 3.8) is 0 Å². The van der Waals surface area contributed by atoms with E-state index in [-0.39, 0.29) is 30.2 Å². The van der Waals surface area contributed by atoms with Gasteiger partial charge in [0.05, 0.1) is 16.7 Å². The van der Waals surface area contributed by atoms with Gasteiger partial charge < -0.3 is 15.0 Å². The minimum absolute atomic E-state index is 0.00372. The van der Waals surface area contributed by atoms with E-state index in [1.165, 1.54) is 35.2 Å². The molecule has 0 atom stereocenters. The highest BCUT2D eigenvalue weighted by molar-refractivity contribution is 6.32. The van der Waals surface area contributed by atoms with Gasteiger partial charge in [0.15, 0.2) is 0 Å². The molecule has 0 bridgehead atoms. The van der Waals surface area contributed by atoms with E-state index in [0.717, 1.165) is 11.6 Å². The van der Waals surface area contributed by atoms with E-state index in [1.54, 1.807) is 24.3 Å². The summed E-state index contributed by atoms with van der Waals surface area (Å²) in [7, 11) is 0. The number of hydrogen-bond donors (Lipinski definition) is 1. The zero-order valence-corrected chi connectivity index (χ0v) is 20.1. The summed E-state index contributed by atoms with van der Waals surface area (Å²) < 4.78 is 54.9. The molecular weight excluding hydrogens is 521 g/mol. The largest absolute Gasteiger partial charge is 0.573 e. The van der Waals surface area contributed by atoms with Gasteiger partial charge in [-0.25, -0.2) is 4.39 Å². The Kier molecular flexibility index (Phi) is 9.02. The van der Waals surface area contributed by atoms with Crippen molar-refractivity contribution in [2.75, 3.05) is 18.4 Å². The Morgan fingerprint density at radius 3 is 2.36 bits per heavy atom. The number of carbonyl (C=O) groups excluding carboxylic acids is 1. The van der Waals surface area contributed by atoms with Crippen LogP contribution >= 0.6 is 23.2 Å². The van der Waals surface area contributed by atoms with Crippen molar-refractivity contribution in [3.05, 3.63) is 93.2 Å². The maximum Gasteiger partial charge on any atom is 0.573 e. The zero-order valence-electron chi connectivity index (χ0n) is 18.6. The Hall–Kier alpha value is -3.48. The van der Waals surface area contributed by atoms with Crippen molar-refractivity contribution in [3.8, 4) is 11.8 Å². The Morgan fingerprint density at radius 2 is 1.72 bits per heavy atom. The van der Waals surface area contributed by atoms with Crippen LogP contribution < -0.4 is 10.1 Å². The first kappa shape index (κ1) is 27.1. The summed E-state index contributed by atoms with van der Waals surface area (Å²) in [5.74, 6) is -1.39. The van der Waals surface area contributed by atoms with Crippen molar-refractivity contribution < 1.29 is 27.1 Å². The monoisotopic (exact) mass is 539 g/mol. The molecule has 0 radical (unpaired) electrons. The Balaban J connectivity index is 1.90. The molecule has 0 heterocycles. The fourth-order valence-corrected chi connectivity index (χ4v) is 3.80. The van der Waals surface area contributed by atoms with E-state index < -0.39 is 23.8 Å². The van der Waals surface area contributed by atoms with Crippen molar-refractivity contribution in [2.45, 2.75) is 19.3 Å². The molecule has 0 aliphatic carbocycles. The number of anilines is 1. The van der Waals surface area contributed by atoms with E-state index in [1.807, 2.05) is 6.07 Å². The molecule has 5 nitrogen and oxygen atoms in total. The molecule has 0 aliphatic heterocycles. The van der Waals surface area contributed by atoms with Crippen LogP contribution in [0.2, 0.25) is 10.0 Å². The number of carbonyl (C=O) groups is 1. The summed E-state index contributed by atoms with van der Waals surface area (Å²) in [5.41, 5.74) is 1.83. The number of rotatable bonds is 9. The van der Waals surface area contributed by atoms with Crippen LogP contribution in [-0.2, 0) is 13.0 Å². The fraction of sp³-hybridized carbons (Fsp3) is 0.200. The molecule has 0 fully saturated rings. The predicted molar refractivity (Wildman–Crippen MR) is 129 cm³/mol. The molecule has 3 aromatic carbocycles. The average Bonchev–Trinajstić information content (AvgIpc) is 2.82. The second kappa shape index (κ2) is 12.0. The van der Waals surface area contributed by atoms with Gasteiger partial charge in [-0.15, -0.1) is 13.2 Å². The fourth-order valence-electron chi connectivity index (χ4n) is 3.39. The SMILES string of the molecule is N#CCNc1ccc(Cl)cc1C(=O)N(CCc1ccc(F)cc1)Cc1ccc(OC(F)(F)F)c(Cl)c1. The second-order valence-electron chi connectivity index (χ2n) is 7.62. The molecule has 3 rings (SSSR count). The molecule has 36 heavy (non-hydrogen) atoms. The first-order chi connectivity index (χ1) is 17.1. The van der Waals surface area contributed by atoms with Crippen LogP contribution in [-0.4, -0.2) is 30.3 Å². The van der Waals surface area contributed by atoms with Crippen molar-refractivity contribution in [2.24, 2.45) is 0 Å². The van der Waals surface area contributed by atoms with Gasteiger partial charge in [0.2, 0.25) is 0 Å². The van der Waals surface area contributed by atoms with E-state index in [0.29, 0.717) is 22.7 Å². The van der Waals surface area contributed by atoms with Gasteiger partial charge in [-0.05, 0) is 60.0 Å². The number of ether oxygens (including phenoxy) is 1. The molecular formula is C25H19Cl2F4N3O2. The summed E-state index contributed by atoms with van der Waals surface area (Å²) in [6.07, 6.45) is -4.53. The lowest BCUT2D eigenvalue weighted by Gasteiger charge is -2.25. The molecule has 0 aromatic heterocycles. The predicted octanol–water partition coefficient (Wildman–Crippen LogP) is 6.85. The number of nitrogens with one attached hydrogen (secondary N) is 1. The highest BCUT2D eigenvalue weighted by Crippen LogP contribution is 2.31. The summed E-state index contributed by atoms with van der Waals surface area (Å²) in [6, 6.07) is 16.1. The standard InChI is InChI=1S/C25H19Cl2F4N3O2/c26-18-4-7-22(33-11-10-32)20(14-18)24(35)34(12-9-16-1-5-19(28)6-2-16)15-17-3-8-23(21(27)13-17)36-25(29,30)31/h1-8,13-14,33H,9,11-12,15H2. The number of alkyl halides is 3. The minimum Gasteiger partial charge on any atom is -0.404 e. The van der Waals surface area contributed by atoms with Gasteiger partial charge in [0, 0.05) is 23.8 Å². The Labute approximate surface area is 214 Å². The highest BCUT2D eigenvalue weighted by Gasteiger charge is 2.32. The van der Waals surface area contributed by atoms with Gasteiger partial charge >= 0.3 is 6.36 Å². The third kappa shape index (κ3) is 7.77. The highest BCUT2D eigenvalue weighted by atomic mass is 35.5. The number of nitriles is 1. The van der Waals surface area contributed by atoms with Gasteiger partial charge in [-0.3, -0.25) is 4.79 Å². The number of hydrogen-bond acceptors (Lipinski definition) is 4. The maximum atomic E-state index is 13.6. The summed E-state index contributed by atoms with van der Waals surface area (Å²) in [6.45, 7) is 0.136. The molecule has 0 unspecified atom stereocenters. The first-order valence-electron chi connectivity index (χ1n) is 10.5. The molecule has 0 spiro atoms. The molecule has 3 aromatic rings. The molecule has 0 saturated carbocycles. The quantitative estimate of drug-likeness (QED) is 0.238. The summed E-state index contributed by atoms with van der Waals surface area (Å²) in [5, 5.41) is 11.8. The lowest BCUT2D eigenvalue weighted by Crippen LogP contribution is -2.33. The lowest BCUT2D eigenvalue weighted by molar-refractivity contribution is -0.274. The summed E-state index contributed by atoms with van der Waals surface area (Å²) >= 11 is 12.1. The molecule has 0 aliphatic rings. The van der Waals surface area contributed by atoms with Crippen LogP contribution in [0.5, 0.6) is 5.75 Å². The van der Waals surface area contributed by atoms with Crippen LogP contribution in [0.15, 0.2) is 60.7 Å². The lowest BCUT2D eigenvalue weighted by atomic mass is 10.1. The van der Waals surface area contributed by atoms with Crippen LogP contribution in [0.25, 0.3) is 0 Å². The third-order valence-electron chi connectivity index (χ3n) is 5.04. The summed E-state index contributed by atoms with van der Waals surface area (Å²) in [4.78, 5) is 15.0. The van der Waals surface area contributed by atoms with E-state index in [9.17, 15) is 22.4 Å².